The molecule has 0 aliphatic heterocycles. The number of hydrogen-bond donors (Lipinski definition) is 1. The molecule has 172 valence electrons. The third-order valence-electron chi connectivity index (χ3n) is 5.82. The lowest BCUT2D eigenvalue weighted by Crippen LogP contribution is -2.50. The van der Waals surface area contributed by atoms with Gasteiger partial charge in [-0.2, -0.15) is 0 Å². The summed E-state index contributed by atoms with van der Waals surface area (Å²) in [7, 11) is 1.62. The van der Waals surface area contributed by atoms with E-state index in [9.17, 15) is 14.0 Å². The number of rotatable bonds is 10. The maximum Gasteiger partial charge on any atom is 0.242 e. The van der Waals surface area contributed by atoms with Gasteiger partial charge < -0.3 is 15.0 Å². The van der Waals surface area contributed by atoms with Gasteiger partial charge in [-0.05, 0) is 43.5 Å². The number of halogens is 1. The summed E-state index contributed by atoms with van der Waals surface area (Å²) in [6, 6.07) is 13.6. The molecule has 0 bridgehead atoms. The molecule has 5 nitrogen and oxygen atoms in total. The maximum atomic E-state index is 14.3. The number of amides is 2. The molecule has 32 heavy (non-hydrogen) atoms. The van der Waals surface area contributed by atoms with Gasteiger partial charge in [-0.1, -0.05) is 43.2 Å². The van der Waals surface area contributed by atoms with Crippen molar-refractivity contribution in [2.24, 2.45) is 0 Å². The van der Waals surface area contributed by atoms with Crippen LogP contribution in [0, 0.1) is 5.82 Å². The highest BCUT2D eigenvalue weighted by Crippen LogP contribution is 2.21. The number of benzene rings is 2. The zero-order valence-corrected chi connectivity index (χ0v) is 19.5. The first-order valence-electron chi connectivity index (χ1n) is 11.0. The van der Waals surface area contributed by atoms with E-state index in [0.717, 1.165) is 37.0 Å². The molecule has 1 saturated carbocycles. The zero-order chi connectivity index (χ0) is 22.9. The Morgan fingerprint density at radius 2 is 1.84 bits per heavy atom. The number of thioether (sulfide) groups is 1. The number of methoxy groups -OCH3 is 1. The van der Waals surface area contributed by atoms with Gasteiger partial charge in [0, 0.05) is 23.9 Å². The minimum atomic E-state index is -0.677. The van der Waals surface area contributed by atoms with E-state index in [4.69, 9.17) is 4.74 Å². The van der Waals surface area contributed by atoms with Gasteiger partial charge in [-0.25, -0.2) is 4.39 Å². The van der Waals surface area contributed by atoms with Crippen molar-refractivity contribution >= 4 is 23.6 Å². The van der Waals surface area contributed by atoms with Gasteiger partial charge in [0.05, 0.1) is 12.9 Å². The minimum Gasteiger partial charge on any atom is -0.497 e. The third-order valence-corrected chi connectivity index (χ3v) is 6.81. The van der Waals surface area contributed by atoms with Gasteiger partial charge >= 0.3 is 0 Å². The molecule has 0 aromatic heterocycles. The van der Waals surface area contributed by atoms with Gasteiger partial charge in [0.15, 0.2) is 0 Å². The molecule has 0 heterocycles. The lowest BCUT2D eigenvalue weighted by Gasteiger charge is -2.29. The van der Waals surface area contributed by atoms with Crippen LogP contribution in [-0.4, -0.2) is 41.7 Å². The molecule has 0 saturated heterocycles. The van der Waals surface area contributed by atoms with Crippen molar-refractivity contribution < 1.29 is 18.7 Å². The Morgan fingerprint density at radius 3 is 2.50 bits per heavy atom. The normalized spacial score (nSPS) is 14.7. The lowest BCUT2D eigenvalue weighted by molar-refractivity contribution is -0.139. The second-order valence-corrected chi connectivity index (χ2v) is 9.11. The summed E-state index contributed by atoms with van der Waals surface area (Å²) in [6.07, 6.45) is 4.16. The standard InChI is InChI=1S/C25H31FN2O3S/c1-18(25(30)27-21-8-4-5-9-21)28(15-20-7-3-6-10-23(20)26)24(29)17-32-16-19-11-13-22(31-2)14-12-19/h3,6-7,10-14,18,21H,4-5,8-9,15-17H2,1-2H3,(H,27,30). The Hall–Kier alpha value is -2.54. The molecular formula is C25H31FN2O3S. The Labute approximate surface area is 193 Å². The summed E-state index contributed by atoms with van der Waals surface area (Å²) >= 11 is 1.48. The quantitative estimate of drug-likeness (QED) is 0.568. The van der Waals surface area contributed by atoms with Crippen molar-refractivity contribution in [1.29, 1.82) is 0 Å². The summed E-state index contributed by atoms with van der Waals surface area (Å²) in [5, 5.41) is 3.06. The number of carbonyl (C=O) groups is 2. The molecule has 2 aromatic carbocycles. The Bertz CT molecular complexity index is 900. The van der Waals surface area contributed by atoms with Crippen molar-refractivity contribution in [3.63, 3.8) is 0 Å². The molecule has 7 heteroatoms. The van der Waals surface area contributed by atoms with E-state index in [1.165, 1.54) is 22.7 Å². The number of hydrogen-bond acceptors (Lipinski definition) is 4. The van der Waals surface area contributed by atoms with E-state index in [0.29, 0.717) is 11.3 Å². The second kappa shape index (κ2) is 11.9. The number of ether oxygens (including phenoxy) is 1. The highest BCUT2D eigenvalue weighted by atomic mass is 32.2. The number of nitrogens with zero attached hydrogens (tertiary/aromatic N) is 1. The second-order valence-electron chi connectivity index (χ2n) is 8.12. The average molecular weight is 459 g/mol. The Morgan fingerprint density at radius 1 is 1.16 bits per heavy atom. The first-order valence-corrected chi connectivity index (χ1v) is 12.2. The zero-order valence-electron chi connectivity index (χ0n) is 18.7. The molecule has 1 aliphatic rings. The minimum absolute atomic E-state index is 0.0633. The van der Waals surface area contributed by atoms with E-state index in [-0.39, 0.29) is 36.0 Å². The largest absolute Gasteiger partial charge is 0.497 e. The summed E-state index contributed by atoms with van der Waals surface area (Å²) in [5.74, 6) is 0.920. The van der Waals surface area contributed by atoms with Crippen molar-refractivity contribution in [2.45, 2.75) is 57.0 Å². The van der Waals surface area contributed by atoms with Crippen LogP contribution < -0.4 is 10.1 Å². The molecule has 2 aromatic rings. The average Bonchev–Trinajstić information content (AvgIpc) is 3.31. The predicted molar refractivity (Wildman–Crippen MR) is 126 cm³/mol. The van der Waals surface area contributed by atoms with Crippen LogP contribution in [0.25, 0.3) is 0 Å². The Balaban J connectivity index is 1.64. The van der Waals surface area contributed by atoms with Crippen molar-refractivity contribution in [3.05, 3.63) is 65.5 Å². The van der Waals surface area contributed by atoms with Gasteiger partial charge in [0.2, 0.25) is 11.8 Å². The first-order chi connectivity index (χ1) is 15.5. The molecule has 2 amide bonds. The van der Waals surface area contributed by atoms with Crippen LogP contribution in [-0.2, 0) is 21.9 Å². The molecule has 1 atom stereocenters. The SMILES string of the molecule is COc1ccc(CSCC(=O)N(Cc2ccccc2F)C(C)C(=O)NC2CCCC2)cc1. The third kappa shape index (κ3) is 6.73. The molecule has 1 fully saturated rings. The Kier molecular flexibility index (Phi) is 8.97. The van der Waals surface area contributed by atoms with Gasteiger partial charge in [0.25, 0.3) is 0 Å². The van der Waals surface area contributed by atoms with Crippen LogP contribution >= 0.6 is 11.8 Å². The lowest BCUT2D eigenvalue weighted by atomic mass is 10.1. The maximum absolute atomic E-state index is 14.3. The van der Waals surface area contributed by atoms with E-state index in [1.807, 2.05) is 24.3 Å². The molecule has 0 spiro atoms. The van der Waals surface area contributed by atoms with Crippen LogP contribution in [0.5, 0.6) is 5.75 Å². The summed E-state index contributed by atoms with van der Waals surface area (Å²) in [4.78, 5) is 27.5. The van der Waals surface area contributed by atoms with Crippen molar-refractivity contribution in [1.82, 2.24) is 10.2 Å². The van der Waals surface area contributed by atoms with Gasteiger partial charge in [0.1, 0.15) is 17.6 Å². The molecule has 1 unspecified atom stereocenters. The van der Waals surface area contributed by atoms with E-state index >= 15 is 0 Å². The molecule has 3 rings (SSSR count). The fourth-order valence-corrected chi connectivity index (χ4v) is 4.72. The summed E-state index contributed by atoms with van der Waals surface area (Å²) in [5.41, 5.74) is 1.48. The van der Waals surface area contributed by atoms with E-state index < -0.39 is 6.04 Å². The number of carbonyl (C=O) groups excluding carboxylic acids is 2. The molecule has 0 radical (unpaired) electrons. The highest BCUT2D eigenvalue weighted by Gasteiger charge is 2.28. The van der Waals surface area contributed by atoms with Crippen LogP contribution in [0.2, 0.25) is 0 Å². The topological polar surface area (TPSA) is 58.6 Å². The van der Waals surface area contributed by atoms with Gasteiger partial charge in [-0.3, -0.25) is 9.59 Å². The molecular weight excluding hydrogens is 427 g/mol. The fraction of sp³-hybridized carbons (Fsp3) is 0.440. The van der Waals surface area contributed by atoms with Crippen molar-refractivity contribution in [2.75, 3.05) is 12.9 Å². The van der Waals surface area contributed by atoms with Crippen LogP contribution in [0.1, 0.15) is 43.7 Å². The van der Waals surface area contributed by atoms with Crippen LogP contribution in [0.3, 0.4) is 0 Å². The van der Waals surface area contributed by atoms with Gasteiger partial charge in [-0.15, -0.1) is 11.8 Å². The monoisotopic (exact) mass is 458 g/mol. The van der Waals surface area contributed by atoms with Crippen molar-refractivity contribution in [3.8, 4) is 5.75 Å². The highest BCUT2D eigenvalue weighted by molar-refractivity contribution is 7.99. The molecule has 1 aliphatic carbocycles. The summed E-state index contributed by atoms with van der Waals surface area (Å²) < 4.78 is 19.5. The number of nitrogens with one attached hydrogen (secondary N) is 1. The first kappa shape index (κ1) is 24.1. The van der Waals surface area contributed by atoms with Crippen LogP contribution in [0.15, 0.2) is 48.5 Å². The van der Waals surface area contributed by atoms with E-state index in [1.54, 1.807) is 32.2 Å². The molecule has 1 N–H and O–H groups in total. The summed E-state index contributed by atoms with van der Waals surface area (Å²) in [6.45, 7) is 1.78. The van der Waals surface area contributed by atoms with E-state index in [2.05, 4.69) is 5.32 Å². The fourth-order valence-electron chi connectivity index (χ4n) is 3.85. The predicted octanol–water partition coefficient (Wildman–Crippen LogP) is 4.54. The smallest absolute Gasteiger partial charge is 0.242 e. The van der Waals surface area contributed by atoms with Crippen LogP contribution in [0.4, 0.5) is 4.39 Å².